The van der Waals surface area contributed by atoms with E-state index in [-0.39, 0.29) is 27.9 Å². The van der Waals surface area contributed by atoms with E-state index in [9.17, 15) is 22.2 Å². The Bertz CT molecular complexity index is 2320. The van der Waals surface area contributed by atoms with Gasteiger partial charge in [0.05, 0.1) is 25.5 Å². The molecule has 5 rings (SSSR count). The van der Waals surface area contributed by atoms with Gasteiger partial charge in [0.2, 0.25) is 6.79 Å². The van der Waals surface area contributed by atoms with Gasteiger partial charge in [0.25, 0.3) is 0 Å². The fraction of sp³-hybridized carbons (Fsp3) is 0.194. The predicted octanol–water partition coefficient (Wildman–Crippen LogP) is 6.05. The Balaban J connectivity index is 1.35. The number of hydrogen-bond acceptors (Lipinski definition) is 11. The summed E-state index contributed by atoms with van der Waals surface area (Å²) in [6, 6.07) is 17.5. The Labute approximate surface area is 290 Å². The van der Waals surface area contributed by atoms with Crippen LogP contribution in [0.25, 0.3) is 22.2 Å². The van der Waals surface area contributed by atoms with Crippen LogP contribution in [0.4, 0.5) is 20.7 Å². The quantitative estimate of drug-likeness (QED) is 0.0882. The maximum atomic E-state index is 13.7. The summed E-state index contributed by atoms with van der Waals surface area (Å²) in [5.74, 6) is 0.0688. The summed E-state index contributed by atoms with van der Waals surface area (Å²) in [6.45, 7) is -5.11. The molecular formula is C31H29ClFN4O10PS. The molecular weight excluding hydrogens is 706 g/mol. The van der Waals surface area contributed by atoms with E-state index < -0.39 is 61.7 Å². The van der Waals surface area contributed by atoms with Crippen molar-refractivity contribution in [1.82, 2.24) is 14.9 Å². The molecule has 0 spiro atoms. The first-order valence-electron chi connectivity index (χ1n) is 15.9. The molecule has 0 aliphatic heterocycles. The Hall–Kier alpha value is -4.57. The molecule has 2 aromatic heterocycles. The van der Waals surface area contributed by atoms with Crippen LogP contribution in [0.1, 0.15) is 16.8 Å². The van der Waals surface area contributed by atoms with Crippen LogP contribution in [-0.2, 0) is 36.8 Å². The van der Waals surface area contributed by atoms with Gasteiger partial charge in [-0.15, -0.1) is 0 Å². The van der Waals surface area contributed by atoms with E-state index >= 15 is 0 Å². The molecule has 14 nitrogen and oxygen atoms in total. The lowest BCUT2D eigenvalue weighted by Gasteiger charge is -2.20. The van der Waals surface area contributed by atoms with Crippen LogP contribution >= 0.6 is 19.4 Å². The van der Waals surface area contributed by atoms with Gasteiger partial charge in [-0.1, -0.05) is 23.7 Å². The number of fused-ring (bicyclic) bond motifs is 1. The van der Waals surface area contributed by atoms with Crippen LogP contribution in [0.5, 0.6) is 5.75 Å². The molecule has 18 heteroatoms. The number of nitrogens with zero attached hydrogens (tertiary/aromatic N) is 3. The third-order valence-electron chi connectivity index (χ3n) is 6.41. The van der Waals surface area contributed by atoms with E-state index in [0.29, 0.717) is 39.1 Å². The SMILES string of the molecule is [2H]C([2H])(Oc1ccc(Nc2ncnc3ccc(-c4ccc(CN(CC([2H])([2H])S(C)(=O)=O)C(=O)OCOP(=O)(O)O)o4)cc23)cc1Cl)c1cccc(F)c1. The number of phosphoric acid groups is 1. The average Bonchev–Trinajstić information content (AvgIpc) is 3.53. The number of ether oxygens (including phenoxy) is 2. The Morgan fingerprint density at radius 2 is 1.94 bits per heavy atom. The number of carbonyl (C=O) groups excluding carboxylic acids is 1. The number of hydrogen-bond donors (Lipinski definition) is 3. The number of halogens is 2. The van der Waals surface area contributed by atoms with E-state index in [0.717, 1.165) is 6.07 Å². The Morgan fingerprint density at radius 3 is 2.67 bits per heavy atom. The second-order valence-corrected chi connectivity index (χ2v) is 13.6. The molecule has 258 valence electrons. The standard InChI is InChI=1S/C31H29ClFN4O10PS/c1-49(42,43)12-11-37(31(38)45-19-46-48(39,40)41)16-24-7-10-28(47-24)21-5-8-27-25(14-21)30(35-18-34-27)36-23-6-9-29(26(32)15-23)44-17-20-3-2-4-22(33)13-20/h2-10,13-15,18H,11-12,16-17,19H2,1H3,(H,34,35,36)(H2,39,40,41)/i12D2,17D2. The van der Waals surface area contributed by atoms with Crippen LogP contribution in [0.15, 0.2) is 83.5 Å². The zero-order valence-electron chi connectivity index (χ0n) is 29.2. The third-order valence-corrected chi connectivity index (χ3v) is 7.80. The zero-order chi connectivity index (χ0) is 38.8. The molecule has 0 aliphatic carbocycles. The highest BCUT2D eigenvalue weighted by Gasteiger charge is 2.22. The molecule has 0 radical (unpaired) electrons. The first kappa shape index (κ1) is 30.5. The first-order chi connectivity index (χ1) is 24.7. The minimum atomic E-state index is -5.01. The summed E-state index contributed by atoms with van der Waals surface area (Å²) >= 11 is 6.43. The van der Waals surface area contributed by atoms with Crippen molar-refractivity contribution in [3.05, 3.63) is 101 Å². The number of aromatic nitrogens is 2. The van der Waals surface area contributed by atoms with Crippen LogP contribution in [0.3, 0.4) is 0 Å². The third kappa shape index (κ3) is 10.5. The predicted molar refractivity (Wildman–Crippen MR) is 177 cm³/mol. The molecule has 0 atom stereocenters. The number of rotatable bonds is 14. The van der Waals surface area contributed by atoms with Gasteiger partial charge in [-0.05, 0) is 66.2 Å². The average molecular weight is 739 g/mol. The van der Waals surface area contributed by atoms with Gasteiger partial charge >= 0.3 is 13.9 Å². The molecule has 0 bridgehead atoms. The molecule has 3 aromatic carbocycles. The van der Waals surface area contributed by atoms with Gasteiger partial charge in [0, 0.05) is 32.2 Å². The lowest BCUT2D eigenvalue weighted by atomic mass is 10.1. The van der Waals surface area contributed by atoms with Gasteiger partial charge in [-0.3, -0.25) is 4.90 Å². The fourth-order valence-electron chi connectivity index (χ4n) is 4.20. The topological polar surface area (TPSA) is 191 Å². The van der Waals surface area contributed by atoms with Crippen molar-refractivity contribution in [2.24, 2.45) is 0 Å². The molecule has 0 fully saturated rings. The number of anilines is 2. The van der Waals surface area contributed by atoms with Crippen LogP contribution in [-0.4, -0.2) is 64.5 Å². The zero-order valence-corrected chi connectivity index (χ0v) is 27.7. The van der Waals surface area contributed by atoms with Crippen molar-refractivity contribution in [3.8, 4) is 17.1 Å². The van der Waals surface area contributed by atoms with E-state index in [2.05, 4.69) is 24.5 Å². The van der Waals surface area contributed by atoms with E-state index in [1.54, 1.807) is 30.3 Å². The monoisotopic (exact) mass is 738 g/mol. The minimum absolute atomic E-state index is 0.00342. The van der Waals surface area contributed by atoms with Crippen LogP contribution in [0.2, 0.25) is 5.02 Å². The van der Waals surface area contributed by atoms with Crippen LogP contribution < -0.4 is 10.1 Å². The molecule has 3 N–H and O–H groups in total. The molecule has 5 aromatic rings. The highest BCUT2D eigenvalue weighted by molar-refractivity contribution is 7.90. The van der Waals surface area contributed by atoms with E-state index in [1.807, 2.05) is 0 Å². The summed E-state index contributed by atoms with van der Waals surface area (Å²) in [7, 11) is -9.35. The Morgan fingerprint density at radius 1 is 1.12 bits per heavy atom. The van der Waals surface area contributed by atoms with E-state index in [1.165, 1.54) is 42.7 Å². The van der Waals surface area contributed by atoms with Gasteiger partial charge < -0.3 is 29.0 Å². The maximum absolute atomic E-state index is 13.7. The number of sulfone groups is 1. The highest BCUT2D eigenvalue weighted by Crippen LogP contribution is 2.36. The lowest BCUT2D eigenvalue weighted by molar-refractivity contribution is 0.0191. The van der Waals surface area contributed by atoms with Gasteiger partial charge in [0.1, 0.15) is 51.6 Å². The summed E-state index contributed by atoms with van der Waals surface area (Å²) in [5, 5.41) is 3.71. The largest absolute Gasteiger partial charge is 0.487 e. The molecule has 0 saturated heterocycles. The van der Waals surface area contributed by atoms with Crippen molar-refractivity contribution in [2.45, 2.75) is 13.1 Å². The van der Waals surface area contributed by atoms with Crippen molar-refractivity contribution >= 4 is 57.8 Å². The van der Waals surface area contributed by atoms with Crippen molar-refractivity contribution in [3.63, 3.8) is 0 Å². The second kappa shape index (κ2) is 15.3. The summed E-state index contributed by atoms with van der Waals surface area (Å²) < 4.78 is 101. The number of benzene rings is 3. The summed E-state index contributed by atoms with van der Waals surface area (Å²) in [6.07, 6.45) is 0.629. The number of amides is 1. The summed E-state index contributed by atoms with van der Waals surface area (Å²) in [5.41, 5.74) is -1.48. The normalized spacial score (nSPS) is 13.6. The van der Waals surface area contributed by atoms with E-state index in [4.69, 9.17) is 36.0 Å². The second-order valence-electron chi connectivity index (χ2n) is 10.1. The molecule has 49 heavy (non-hydrogen) atoms. The minimum Gasteiger partial charge on any atom is -0.487 e. The molecule has 1 amide bonds. The van der Waals surface area contributed by atoms with Crippen molar-refractivity contribution in [2.75, 3.05) is 30.6 Å². The molecule has 2 heterocycles. The number of nitrogens with one attached hydrogen (secondary N) is 1. The Kier molecular flexibility index (Phi) is 9.53. The first-order valence-corrected chi connectivity index (χ1v) is 17.7. The van der Waals surface area contributed by atoms with Crippen molar-refractivity contribution < 1.29 is 55.9 Å². The lowest BCUT2D eigenvalue weighted by Crippen LogP contribution is -2.35. The van der Waals surface area contributed by atoms with Crippen LogP contribution in [0, 0.1) is 5.82 Å². The molecule has 0 unspecified atom stereocenters. The van der Waals surface area contributed by atoms with Gasteiger partial charge in [-0.25, -0.2) is 36.7 Å². The number of carbonyl (C=O) groups is 1. The molecule has 0 aliphatic rings. The smallest absolute Gasteiger partial charge is 0.472 e. The maximum Gasteiger partial charge on any atom is 0.472 e. The molecule has 0 saturated carbocycles. The summed E-state index contributed by atoms with van der Waals surface area (Å²) in [4.78, 5) is 39.7. The number of furan rings is 1. The van der Waals surface area contributed by atoms with Gasteiger partial charge in [-0.2, -0.15) is 0 Å². The fourth-order valence-corrected chi connectivity index (χ4v) is 5.00. The highest BCUT2D eigenvalue weighted by atomic mass is 35.5. The van der Waals surface area contributed by atoms with Gasteiger partial charge in [0.15, 0.2) is 0 Å². The number of phosphoric ester groups is 1. The van der Waals surface area contributed by atoms with Crippen molar-refractivity contribution in [1.29, 1.82) is 0 Å².